The summed E-state index contributed by atoms with van der Waals surface area (Å²) in [6.07, 6.45) is 1.06. The summed E-state index contributed by atoms with van der Waals surface area (Å²) in [5.41, 5.74) is 54.0. The third kappa shape index (κ3) is 42.7. The summed E-state index contributed by atoms with van der Waals surface area (Å²) in [5.74, 6) is 0. The predicted molar refractivity (Wildman–Crippen MR) is 180 cm³/mol. The second-order valence-corrected chi connectivity index (χ2v) is 7.72. The number of urea groups is 13. The van der Waals surface area contributed by atoms with Crippen molar-refractivity contribution in [2.45, 2.75) is 0 Å². The number of nitrogens with zero attached hydrogens (tertiary/aromatic N) is 5. The third-order valence-electron chi connectivity index (χ3n) is 3.69. The molecule has 0 spiro atoms. The number of rotatable bonds is 1. The first-order chi connectivity index (χ1) is 25.1. The number of primary amides is 9. The van der Waals surface area contributed by atoms with Gasteiger partial charge in [0.15, 0.2) is 0 Å². The monoisotopic (exact) mass is 818 g/mol. The second kappa shape index (κ2) is 32.8. The lowest BCUT2D eigenvalue weighted by Gasteiger charge is -2.09. The number of hydrazone groups is 1. The maximum absolute atomic E-state index is 10.5. The standard InChI is InChI=1S/2C4H9N3O2.2C2H6N4O2.3C2H3N3O2.H3N/c2*1-6-4(9)7(2)3(5)8;2*3-1(7)5-6-2(4)8;2*3-1(6)5-2(7)4-5;3-2(7)5-4-1-6;/h2*1-2H3,(H2,5,8)(H,6,9);2*(H3,3,5,7)(H3,4,6,8);2*(H2,3,6)(H,4,7);(H3,3,5,7);1H3. The lowest BCUT2D eigenvalue weighted by atomic mass is 10.7. The molecule has 2 fully saturated rings. The summed E-state index contributed by atoms with van der Waals surface area (Å²) in [7, 11) is 5.42. The van der Waals surface area contributed by atoms with Crippen LogP contribution in [0.15, 0.2) is 5.10 Å². The largest absolute Gasteiger partial charge is 0.364 e. The van der Waals surface area contributed by atoms with E-state index in [0.29, 0.717) is 10.0 Å². The van der Waals surface area contributed by atoms with E-state index in [1.807, 2.05) is 0 Å². The van der Waals surface area contributed by atoms with Crippen molar-refractivity contribution in [1.82, 2.24) is 74.6 Å². The molecule has 0 aromatic heterocycles. The SMILES string of the molecule is CNC(=O)N(C)C(N)=O.CNC(=O)N(C)C(N)=O.N.NC(=O)N1NC1=O.NC(=O)N1NC1=O.NC(=O)NN=C=O.NC(=O)NNC(N)=O.NC(=O)NNC(N)=O. The first-order valence-corrected chi connectivity index (χ1v) is 12.8. The van der Waals surface area contributed by atoms with Crippen LogP contribution in [0.5, 0.6) is 0 Å². The Balaban J connectivity index is -0.000000130. The molecule has 0 radical (unpaired) electrons. The molecule has 38 heteroatoms. The van der Waals surface area contributed by atoms with E-state index < -0.39 is 78.4 Å². The molecule has 2 saturated heterocycles. The highest BCUT2D eigenvalue weighted by molar-refractivity contribution is 6.03. The highest BCUT2D eigenvalue weighted by Crippen LogP contribution is 1.96. The van der Waals surface area contributed by atoms with Gasteiger partial charge in [-0.25, -0.2) is 115 Å². The van der Waals surface area contributed by atoms with Crippen LogP contribution in [0.3, 0.4) is 0 Å². The molecule has 318 valence electrons. The Morgan fingerprint density at radius 3 is 0.839 bits per heavy atom. The van der Waals surface area contributed by atoms with Crippen molar-refractivity contribution in [2.24, 2.45) is 56.7 Å². The number of isocyanates is 1. The molecule has 56 heavy (non-hydrogen) atoms. The number of carbonyl (C=O) groups excluding carboxylic acids is 14. The minimum atomic E-state index is -0.872. The average Bonchev–Trinajstić information content (AvgIpc) is 4.02. The quantitative estimate of drug-likeness (QED) is 0.0506. The number of nitrogens with one attached hydrogen (secondary N) is 9. The summed E-state index contributed by atoms with van der Waals surface area (Å²) in [4.78, 5) is 140. The van der Waals surface area contributed by atoms with Crippen LogP contribution in [-0.2, 0) is 4.79 Å². The second-order valence-electron chi connectivity index (χ2n) is 7.72. The van der Waals surface area contributed by atoms with Crippen LogP contribution in [0.4, 0.5) is 62.3 Å². The van der Waals surface area contributed by atoms with Gasteiger partial charge in [-0.2, -0.15) is 0 Å². The summed E-state index contributed by atoms with van der Waals surface area (Å²) >= 11 is 0. The number of hydrazine groups is 4. The smallest absolute Gasteiger partial charge is 0.351 e. The number of amides is 26. The van der Waals surface area contributed by atoms with E-state index in [9.17, 15) is 62.3 Å². The van der Waals surface area contributed by atoms with Gasteiger partial charge in [0.2, 0.25) is 0 Å². The summed E-state index contributed by atoms with van der Waals surface area (Å²) in [6.45, 7) is 0. The van der Waals surface area contributed by atoms with Gasteiger partial charge >= 0.3 is 78.4 Å². The van der Waals surface area contributed by atoms with E-state index >= 15 is 0 Å². The van der Waals surface area contributed by atoms with E-state index in [2.05, 4.69) is 66.7 Å². The van der Waals surface area contributed by atoms with Gasteiger partial charge in [0, 0.05) is 28.2 Å². The molecule has 2 rings (SSSR count). The van der Waals surface area contributed by atoms with Crippen molar-refractivity contribution in [3.05, 3.63) is 0 Å². The Morgan fingerprint density at radius 2 is 0.786 bits per heavy atom. The van der Waals surface area contributed by atoms with E-state index in [1.165, 1.54) is 28.2 Å². The molecule has 30 N–H and O–H groups in total. The third-order valence-corrected chi connectivity index (χ3v) is 3.69. The van der Waals surface area contributed by atoms with Gasteiger partial charge in [-0.15, -0.1) is 10.0 Å². The van der Waals surface area contributed by atoms with Gasteiger partial charge in [-0.05, 0) is 0 Å². The molecule has 0 saturated carbocycles. The summed E-state index contributed by atoms with van der Waals surface area (Å²) in [6, 6.07) is -9.26. The van der Waals surface area contributed by atoms with E-state index in [-0.39, 0.29) is 6.15 Å². The Labute approximate surface area is 311 Å². The number of nitrogens with two attached hydrogens (primary N) is 9. The molecule has 0 bridgehead atoms. The molecule has 38 nitrogen and oxygen atoms in total. The number of carbonyl (C=O) groups is 13. The zero-order valence-electron chi connectivity index (χ0n) is 29.4. The number of hydrogen-bond acceptors (Lipinski definition) is 16. The van der Waals surface area contributed by atoms with Crippen molar-refractivity contribution in [3.63, 3.8) is 0 Å². The topological polar surface area (TPSA) is 661 Å². The van der Waals surface area contributed by atoms with Crippen LogP contribution in [0.1, 0.15) is 0 Å². The molecular formula is C18H42N24O14. The van der Waals surface area contributed by atoms with Crippen LogP contribution in [0.25, 0.3) is 0 Å². The minimum Gasteiger partial charge on any atom is -0.351 e. The van der Waals surface area contributed by atoms with Crippen LogP contribution < -0.4 is 106 Å². The molecular weight excluding hydrogens is 776 g/mol. The number of hydrogen-bond donors (Lipinski definition) is 19. The lowest BCUT2D eigenvalue weighted by Crippen LogP contribution is -2.46. The summed E-state index contributed by atoms with van der Waals surface area (Å²) in [5, 5.41) is 8.52. The van der Waals surface area contributed by atoms with Crippen molar-refractivity contribution in [3.8, 4) is 0 Å². The van der Waals surface area contributed by atoms with Gasteiger partial charge in [-0.3, -0.25) is 0 Å². The fourth-order valence-electron chi connectivity index (χ4n) is 1.31. The van der Waals surface area contributed by atoms with Gasteiger partial charge in [0.25, 0.3) is 6.08 Å². The molecule has 2 aliphatic rings. The fraction of sp³-hybridized carbons (Fsp3) is 0.222. The van der Waals surface area contributed by atoms with Gasteiger partial charge in [0.1, 0.15) is 0 Å². The zero-order valence-corrected chi connectivity index (χ0v) is 29.4. The Kier molecular flexibility index (Phi) is 34.5. The molecule has 26 amide bonds. The normalized spacial score (nSPS) is 9.57. The predicted octanol–water partition coefficient (Wildman–Crippen LogP) is -7.77. The highest BCUT2D eigenvalue weighted by Gasteiger charge is 2.34. The first kappa shape index (κ1) is 58.8. The van der Waals surface area contributed by atoms with Crippen molar-refractivity contribution >= 4 is 84.5 Å². The van der Waals surface area contributed by atoms with E-state index in [0.717, 1.165) is 15.9 Å². The molecule has 2 aliphatic heterocycles. The van der Waals surface area contributed by atoms with Crippen LogP contribution in [0, 0.1) is 0 Å². The van der Waals surface area contributed by atoms with Crippen LogP contribution in [0.2, 0.25) is 0 Å². The maximum atomic E-state index is 10.5. The molecule has 0 unspecified atom stereocenters. The van der Waals surface area contributed by atoms with Crippen LogP contribution in [-0.4, -0.2) is 132 Å². The van der Waals surface area contributed by atoms with Gasteiger partial charge < -0.3 is 68.4 Å². The average molecular weight is 819 g/mol. The first-order valence-electron chi connectivity index (χ1n) is 12.8. The molecule has 0 aliphatic carbocycles. The Hall–Kier alpha value is -9.35. The highest BCUT2D eigenvalue weighted by atomic mass is 16.3. The molecule has 0 aromatic carbocycles. The Bertz CT molecular complexity index is 1340. The van der Waals surface area contributed by atoms with E-state index in [4.69, 9.17) is 16.3 Å². The molecule has 2 heterocycles. The molecule has 0 atom stereocenters. The van der Waals surface area contributed by atoms with E-state index in [1.54, 1.807) is 27.1 Å². The van der Waals surface area contributed by atoms with Gasteiger partial charge in [-0.1, -0.05) is 5.10 Å². The zero-order chi connectivity index (χ0) is 44.6. The maximum Gasteiger partial charge on any atom is 0.364 e. The van der Waals surface area contributed by atoms with Crippen LogP contribution >= 0.6 is 0 Å². The van der Waals surface area contributed by atoms with Crippen molar-refractivity contribution < 1.29 is 67.1 Å². The van der Waals surface area contributed by atoms with Gasteiger partial charge in [0.05, 0.1) is 0 Å². The minimum absolute atomic E-state index is 0. The summed E-state index contributed by atoms with van der Waals surface area (Å²) < 4.78 is 0. The van der Waals surface area contributed by atoms with Crippen molar-refractivity contribution in [2.75, 3.05) is 28.2 Å². The Morgan fingerprint density at radius 1 is 0.554 bits per heavy atom. The van der Waals surface area contributed by atoms with Crippen molar-refractivity contribution in [1.29, 1.82) is 0 Å². The fourth-order valence-corrected chi connectivity index (χ4v) is 1.31. The lowest BCUT2D eigenvalue weighted by molar-refractivity contribution is 0.200. The molecule has 0 aromatic rings. The number of imide groups is 4.